The van der Waals surface area contributed by atoms with Crippen molar-refractivity contribution in [3.63, 3.8) is 0 Å². The summed E-state index contributed by atoms with van der Waals surface area (Å²) >= 11 is 5.93. The van der Waals surface area contributed by atoms with Crippen LogP contribution in [0.5, 0.6) is 0 Å². The molecule has 1 N–H and O–H groups in total. The molecule has 3 aromatic rings. The average molecular weight is 322 g/mol. The van der Waals surface area contributed by atoms with Gasteiger partial charge in [0.1, 0.15) is 6.04 Å². The van der Waals surface area contributed by atoms with Crippen molar-refractivity contribution in [3.05, 3.63) is 101 Å². The lowest BCUT2D eigenvalue weighted by Crippen LogP contribution is -2.21. The summed E-state index contributed by atoms with van der Waals surface area (Å²) in [5, 5.41) is 3.98. The lowest BCUT2D eigenvalue weighted by Gasteiger charge is -2.19. The van der Waals surface area contributed by atoms with Gasteiger partial charge in [0.15, 0.2) is 5.78 Å². The van der Waals surface area contributed by atoms with Crippen LogP contribution in [0.3, 0.4) is 0 Å². The summed E-state index contributed by atoms with van der Waals surface area (Å²) in [6, 6.07) is 25.9. The fourth-order valence-corrected chi connectivity index (χ4v) is 2.55. The van der Waals surface area contributed by atoms with E-state index in [1.807, 2.05) is 72.8 Å². The highest BCUT2D eigenvalue weighted by Crippen LogP contribution is 2.24. The van der Waals surface area contributed by atoms with Crippen molar-refractivity contribution in [1.82, 2.24) is 0 Å². The van der Waals surface area contributed by atoms with Crippen LogP contribution in [0.1, 0.15) is 22.0 Å². The van der Waals surface area contributed by atoms with Crippen molar-refractivity contribution in [2.45, 2.75) is 6.04 Å². The highest BCUT2D eigenvalue weighted by molar-refractivity contribution is 6.30. The summed E-state index contributed by atoms with van der Waals surface area (Å²) in [6.07, 6.45) is 0. The van der Waals surface area contributed by atoms with Gasteiger partial charge in [-0.15, -0.1) is 0 Å². The predicted molar refractivity (Wildman–Crippen MR) is 95.0 cm³/mol. The molecular formula is C20H16ClNO. The van der Waals surface area contributed by atoms with Crippen LogP contribution in [0.15, 0.2) is 84.9 Å². The number of hydrogen-bond donors (Lipinski definition) is 1. The average Bonchev–Trinajstić information content (AvgIpc) is 2.62. The predicted octanol–water partition coefficient (Wildman–Crippen LogP) is 5.38. The summed E-state index contributed by atoms with van der Waals surface area (Å²) in [5.41, 5.74) is 2.46. The fraction of sp³-hybridized carbons (Fsp3) is 0.0500. The number of rotatable bonds is 5. The minimum absolute atomic E-state index is 0.0340. The molecule has 3 aromatic carbocycles. The first-order valence-electron chi connectivity index (χ1n) is 7.40. The Hall–Kier alpha value is -2.58. The number of Topliss-reactive ketones (excluding diaryl/α,β-unsaturated/α-hetero) is 1. The van der Waals surface area contributed by atoms with Crippen LogP contribution in [-0.4, -0.2) is 5.78 Å². The zero-order chi connectivity index (χ0) is 16.1. The van der Waals surface area contributed by atoms with E-state index in [2.05, 4.69) is 5.32 Å². The van der Waals surface area contributed by atoms with Crippen LogP contribution < -0.4 is 5.32 Å². The molecule has 114 valence electrons. The van der Waals surface area contributed by atoms with E-state index in [9.17, 15) is 4.79 Å². The second-order valence-corrected chi connectivity index (χ2v) is 5.66. The molecule has 23 heavy (non-hydrogen) atoms. The zero-order valence-electron chi connectivity index (χ0n) is 12.4. The molecule has 0 fully saturated rings. The van der Waals surface area contributed by atoms with Gasteiger partial charge in [0.05, 0.1) is 0 Å². The first-order valence-corrected chi connectivity index (χ1v) is 7.78. The monoisotopic (exact) mass is 321 g/mol. The molecule has 0 heterocycles. The third kappa shape index (κ3) is 3.79. The lowest BCUT2D eigenvalue weighted by molar-refractivity contribution is 0.0969. The lowest BCUT2D eigenvalue weighted by atomic mass is 9.97. The van der Waals surface area contributed by atoms with Crippen molar-refractivity contribution in [2.24, 2.45) is 0 Å². The van der Waals surface area contributed by atoms with Crippen LogP contribution in [0, 0.1) is 0 Å². The normalized spacial score (nSPS) is 11.7. The summed E-state index contributed by atoms with van der Waals surface area (Å²) < 4.78 is 0. The highest BCUT2D eigenvalue weighted by atomic mass is 35.5. The Morgan fingerprint density at radius 2 is 1.35 bits per heavy atom. The molecule has 0 amide bonds. The molecule has 0 radical (unpaired) electrons. The van der Waals surface area contributed by atoms with Crippen molar-refractivity contribution in [2.75, 3.05) is 5.32 Å². The minimum Gasteiger partial charge on any atom is -0.371 e. The molecule has 0 aliphatic heterocycles. The van der Waals surface area contributed by atoms with Gasteiger partial charge in [0.2, 0.25) is 0 Å². The summed E-state index contributed by atoms with van der Waals surface area (Å²) in [7, 11) is 0. The topological polar surface area (TPSA) is 29.1 Å². The van der Waals surface area contributed by atoms with Gasteiger partial charge in [-0.05, 0) is 29.8 Å². The molecule has 0 saturated carbocycles. The van der Waals surface area contributed by atoms with E-state index in [4.69, 9.17) is 11.6 Å². The van der Waals surface area contributed by atoms with Crippen LogP contribution in [-0.2, 0) is 0 Å². The number of hydrogen-bond acceptors (Lipinski definition) is 2. The summed E-state index contributed by atoms with van der Waals surface area (Å²) in [4.78, 5) is 12.9. The largest absolute Gasteiger partial charge is 0.371 e. The van der Waals surface area contributed by atoms with Gasteiger partial charge in [-0.25, -0.2) is 0 Å². The molecule has 0 spiro atoms. The Balaban J connectivity index is 1.94. The molecule has 0 aliphatic rings. The second-order valence-electron chi connectivity index (χ2n) is 5.23. The first kappa shape index (κ1) is 15.3. The third-order valence-electron chi connectivity index (χ3n) is 3.61. The fourth-order valence-electron chi connectivity index (χ4n) is 2.43. The smallest absolute Gasteiger partial charge is 0.189 e. The van der Waals surface area contributed by atoms with Crippen LogP contribution in [0.4, 0.5) is 5.69 Å². The maximum atomic E-state index is 12.9. The molecule has 3 rings (SSSR count). The maximum absolute atomic E-state index is 12.9. The van der Waals surface area contributed by atoms with Crippen LogP contribution in [0.2, 0.25) is 5.02 Å². The summed E-state index contributed by atoms with van der Waals surface area (Å²) in [5.74, 6) is 0.0340. The number of halogens is 1. The molecule has 2 nitrogen and oxygen atoms in total. The molecular weight excluding hydrogens is 306 g/mol. The number of carbonyl (C=O) groups excluding carboxylic acids is 1. The molecule has 3 heteroatoms. The van der Waals surface area contributed by atoms with Gasteiger partial charge in [0, 0.05) is 16.3 Å². The van der Waals surface area contributed by atoms with E-state index >= 15 is 0 Å². The van der Waals surface area contributed by atoms with Crippen LogP contribution in [0.25, 0.3) is 0 Å². The molecule has 0 bridgehead atoms. The van der Waals surface area contributed by atoms with Crippen molar-refractivity contribution < 1.29 is 4.79 Å². The van der Waals surface area contributed by atoms with Gasteiger partial charge in [-0.3, -0.25) is 4.79 Å². The number of anilines is 1. The quantitative estimate of drug-likeness (QED) is 0.639. The van der Waals surface area contributed by atoms with Gasteiger partial charge in [-0.2, -0.15) is 0 Å². The van der Waals surface area contributed by atoms with E-state index in [1.165, 1.54) is 0 Å². The Labute approximate surface area is 140 Å². The van der Waals surface area contributed by atoms with Gasteiger partial charge >= 0.3 is 0 Å². The van der Waals surface area contributed by atoms with Gasteiger partial charge in [0.25, 0.3) is 0 Å². The van der Waals surface area contributed by atoms with Gasteiger partial charge < -0.3 is 5.32 Å². The molecule has 1 atom stereocenters. The van der Waals surface area contributed by atoms with E-state index in [0.29, 0.717) is 10.6 Å². The third-order valence-corrected chi connectivity index (χ3v) is 3.86. The molecule has 0 unspecified atom stereocenters. The Morgan fingerprint density at radius 3 is 1.96 bits per heavy atom. The number of nitrogens with one attached hydrogen (secondary N) is 1. The number of carbonyl (C=O) groups is 1. The standard InChI is InChI=1S/C20H16ClNO/c21-17-11-13-18(14-12-17)22-19(15-7-3-1-4-8-15)20(23)16-9-5-2-6-10-16/h1-14,19,22H/t19-/m1/s1. The zero-order valence-corrected chi connectivity index (χ0v) is 13.2. The van der Waals surface area contributed by atoms with E-state index < -0.39 is 6.04 Å². The van der Waals surface area contributed by atoms with E-state index in [-0.39, 0.29) is 5.78 Å². The highest BCUT2D eigenvalue weighted by Gasteiger charge is 2.21. The molecule has 0 saturated heterocycles. The van der Waals surface area contributed by atoms with Crippen molar-refractivity contribution in [1.29, 1.82) is 0 Å². The minimum atomic E-state index is -0.445. The molecule has 0 aliphatic carbocycles. The van der Waals surface area contributed by atoms with E-state index in [1.54, 1.807) is 12.1 Å². The Kier molecular flexibility index (Phi) is 4.74. The Morgan fingerprint density at radius 1 is 0.783 bits per heavy atom. The van der Waals surface area contributed by atoms with Crippen molar-refractivity contribution >= 4 is 23.1 Å². The van der Waals surface area contributed by atoms with E-state index in [0.717, 1.165) is 11.3 Å². The first-order chi connectivity index (χ1) is 11.2. The number of benzene rings is 3. The summed E-state index contributed by atoms with van der Waals surface area (Å²) in [6.45, 7) is 0. The SMILES string of the molecule is O=C(c1ccccc1)[C@H](Nc1ccc(Cl)cc1)c1ccccc1. The van der Waals surface area contributed by atoms with Gasteiger partial charge in [-0.1, -0.05) is 72.3 Å². The van der Waals surface area contributed by atoms with Crippen molar-refractivity contribution in [3.8, 4) is 0 Å². The molecule has 0 aromatic heterocycles. The Bertz CT molecular complexity index is 770. The second kappa shape index (κ2) is 7.12. The van der Waals surface area contributed by atoms with Crippen LogP contribution >= 0.6 is 11.6 Å². The number of ketones is 1. The maximum Gasteiger partial charge on any atom is 0.189 e.